The molecule has 0 heterocycles. The number of hydrogen-bond acceptors (Lipinski definition) is 8. The number of rotatable bonds is 18. The Morgan fingerprint density at radius 2 is 1.32 bits per heavy atom. The molecule has 0 aliphatic carbocycles. The molecule has 0 fully saturated rings. The van der Waals surface area contributed by atoms with Gasteiger partial charge in [0.1, 0.15) is 18.1 Å². The molecule has 13 N–H and O–H groups in total. The van der Waals surface area contributed by atoms with Crippen LogP contribution in [0.5, 0.6) is 0 Å². The van der Waals surface area contributed by atoms with Crippen LogP contribution < -0.4 is 38.9 Å². The Kier molecular flexibility index (Phi) is 14.9. The van der Waals surface area contributed by atoms with Crippen LogP contribution in [0.3, 0.4) is 0 Å². The highest BCUT2D eigenvalue weighted by atomic mass is 16.4. The first-order valence-corrected chi connectivity index (χ1v) is 11.6. The van der Waals surface area contributed by atoms with E-state index in [2.05, 4.69) is 20.9 Å². The van der Waals surface area contributed by atoms with Crippen LogP contribution in [0, 0.1) is 5.92 Å². The zero-order valence-electron chi connectivity index (χ0n) is 20.9. The Labute approximate surface area is 214 Å². The highest BCUT2D eigenvalue weighted by molar-refractivity contribution is 5.95. The third-order valence-electron chi connectivity index (χ3n) is 4.94. The van der Waals surface area contributed by atoms with Crippen molar-refractivity contribution in [3.8, 4) is 0 Å². The van der Waals surface area contributed by atoms with Crippen LogP contribution in [0.25, 0.3) is 0 Å². The number of nitrogens with one attached hydrogen (secondary N) is 3. The summed E-state index contributed by atoms with van der Waals surface area (Å²) in [5.74, 6) is -6.41. The summed E-state index contributed by atoms with van der Waals surface area (Å²) in [4.78, 5) is 75.6. The number of amides is 4. The molecule has 0 spiro atoms. The lowest BCUT2D eigenvalue weighted by molar-refractivity contribution is -0.144. The number of carbonyl (C=O) groups is 6. The summed E-state index contributed by atoms with van der Waals surface area (Å²) in [6.07, 6.45) is -1.05. The van der Waals surface area contributed by atoms with Gasteiger partial charge in [0.25, 0.3) is 0 Å². The molecule has 4 atom stereocenters. The Morgan fingerprint density at radius 3 is 1.78 bits per heavy atom. The van der Waals surface area contributed by atoms with Crippen LogP contribution in [0.1, 0.15) is 52.4 Å². The molecule has 0 radical (unpaired) electrons. The maximum absolute atomic E-state index is 13.0. The second-order valence-electron chi connectivity index (χ2n) is 8.81. The first kappa shape index (κ1) is 33.0. The second kappa shape index (κ2) is 16.7. The summed E-state index contributed by atoms with van der Waals surface area (Å²) >= 11 is 0. The molecule has 16 nitrogen and oxygen atoms in total. The van der Waals surface area contributed by atoms with E-state index in [4.69, 9.17) is 28.0 Å². The van der Waals surface area contributed by atoms with Gasteiger partial charge in [0.2, 0.25) is 23.6 Å². The minimum atomic E-state index is -1.70. The maximum Gasteiger partial charge on any atom is 0.326 e. The zero-order valence-corrected chi connectivity index (χ0v) is 20.9. The summed E-state index contributed by atoms with van der Waals surface area (Å²) in [6.45, 7) is 3.86. The molecule has 16 heteroatoms. The number of carbonyl (C=O) groups excluding carboxylic acids is 4. The minimum Gasteiger partial charge on any atom is -0.481 e. The van der Waals surface area contributed by atoms with Gasteiger partial charge >= 0.3 is 11.9 Å². The summed E-state index contributed by atoms with van der Waals surface area (Å²) in [6, 6.07) is -5.30. The number of hydrogen-bond donors (Lipinski definition) is 9. The van der Waals surface area contributed by atoms with E-state index in [0.717, 1.165) is 0 Å². The largest absolute Gasteiger partial charge is 0.481 e. The lowest BCUT2D eigenvalue weighted by Gasteiger charge is -2.25. The molecule has 4 amide bonds. The molecule has 0 saturated heterocycles. The number of carboxylic acid groups (broad SMARTS) is 2. The Morgan fingerprint density at radius 1 is 0.811 bits per heavy atom. The van der Waals surface area contributed by atoms with Crippen molar-refractivity contribution in [2.45, 2.75) is 76.5 Å². The smallest absolute Gasteiger partial charge is 0.326 e. The van der Waals surface area contributed by atoms with Crippen LogP contribution in [0.15, 0.2) is 4.99 Å². The Bertz CT molecular complexity index is 859. The van der Waals surface area contributed by atoms with Gasteiger partial charge in [0.05, 0.1) is 12.5 Å². The number of guanidine groups is 1. The highest BCUT2D eigenvalue weighted by Gasteiger charge is 2.31. The third-order valence-corrected chi connectivity index (χ3v) is 4.94. The molecule has 0 bridgehead atoms. The molecular formula is C21H38N8O8. The number of aliphatic imine (C=N–C) groups is 1. The average molecular weight is 531 g/mol. The first-order chi connectivity index (χ1) is 17.1. The number of carboxylic acids is 2. The lowest BCUT2D eigenvalue weighted by Crippen LogP contribution is -2.57. The predicted octanol–water partition coefficient (Wildman–Crippen LogP) is -3.31. The van der Waals surface area contributed by atoms with Crippen LogP contribution in [-0.4, -0.2) is 82.5 Å². The lowest BCUT2D eigenvalue weighted by atomic mass is 10.0. The van der Waals surface area contributed by atoms with E-state index in [9.17, 15) is 33.9 Å². The molecule has 210 valence electrons. The van der Waals surface area contributed by atoms with E-state index in [1.54, 1.807) is 0 Å². The molecule has 0 aliphatic heterocycles. The molecule has 0 aromatic carbocycles. The van der Waals surface area contributed by atoms with Gasteiger partial charge in [0.15, 0.2) is 5.96 Å². The van der Waals surface area contributed by atoms with E-state index in [1.807, 2.05) is 13.8 Å². The van der Waals surface area contributed by atoms with E-state index < -0.39 is 79.0 Å². The minimum absolute atomic E-state index is 0.0372. The van der Waals surface area contributed by atoms with Gasteiger partial charge in [-0.3, -0.25) is 29.0 Å². The Hall–Kier alpha value is -3.95. The molecule has 0 saturated carbocycles. The van der Waals surface area contributed by atoms with Crippen molar-refractivity contribution < 1.29 is 39.0 Å². The third kappa shape index (κ3) is 14.9. The molecule has 0 rings (SSSR count). The van der Waals surface area contributed by atoms with Crippen molar-refractivity contribution in [3.63, 3.8) is 0 Å². The Balaban J connectivity index is 5.71. The van der Waals surface area contributed by atoms with Crippen molar-refractivity contribution in [1.29, 1.82) is 0 Å². The van der Waals surface area contributed by atoms with Gasteiger partial charge in [-0.2, -0.15) is 0 Å². The fourth-order valence-corrected chi connectivity index (χ4v) is 3.15. The zero-order chi connectivity index (χ0) is 28.7. The SMILES string of the molecule is CC(C)CC(N)C(=O)NC(CCCN=C(N)N)C(=O)NC(CCC(=O)O)C(=O)NC(CC(N)=O)C(=O)O. The standard InChI is InChI=1S/C21H38N8O8/c1-10(2)8-11(22)17(33)27-12(4-3-7-26-21(24)25)18(34)28-13(5-6-16(31)32)19(35)29-14(20(36)37)9-15(23)30/h10-14H,3-9,22H2,1-2H3,(H2,23,30)(H,27,33)(H,28,34)(H,29,35)(H,31,32)(H,36,37)(H4,24,25,26). The van der Waals surface area contributed by atoms with Gasteiger partial charge in [-0.15, -0.1) is 0 Å². The van der Waals surface area contributed by atoms with Crippen LogP contribution in [-0.2, 0) is 28.8 Å². The monoisotopic (exact) mass is 530 g/mol. The van der Waals surface area contributed by atoms with Crippen molar-refractivity contribution in [2.75, 3.05) is 6.54 Å². The van der Waals surface area contributed by atoms with E-state index >= 15 is 0 Å². The summed E-state index contributed by atoms with van der Waals surface area (Å²) in [7, 11) is 0. The van der Waals surface area contributed by atoms with E-state index in [-0.39, 0.29) is 31.3 Å². The van der Waals surface area contributed by atoms with Gasteiger partial charge in [-0.25, -0.2) is 4.79 Å². The first-order valence-electron chi connectivity index (χ1n) is 11.6. The van der Waals surface area contributed by atoms with Gasteiger partial charge in [-0.1, -0.05) is 13.8 Å². The summed E-state index contributed by atoms with van der Waals surface area (Å²) in [5, 5.41) is 25.2. The van der Waals surface area contributed by atoms with Crippen LogP contribution in [0.4, 0.5) is 0 Å². The second-order valence-corrected chi connectivity index (χ2v) is 8.81. The van der Waals surface area contributed by atoms with Crippen molar-refractivity contribution in [2.24, 2.45) is 33.8 Å². The molecular weight excluding hydrogens is 492 g/mol. The topological polar surface area (TPSA) is 295 Å². The molecule has 0 aliphatic rings. The molecule has 0 aromatic heterocycles. The number of aliphatic carboxylic acids is 2. The van der Waals surface area contributed by atoms with Crippen molar-refractivity contribution in [3.05, 3.63) is 0 Å². The summed E-state index contributed by atoms with van der Waals surface area (Å²) in [5.41, 5.74) is 21.5. The predicted molar refractivity (Wildman–Crippen MR) is 131 cm³/mol. The normalized spacial score (nSPS) is 13.9. The fourth-order valence-electron chi connectivity index (χ4n) is 3.15. The van der Waals surface area contributed by atoms with Crippen molar-refractivity contribution in [1.82, 2.24) is 16.0 Å². The molecule has 0 aromatic rings. The molecule has 4 unspecified atom stereocenters. The molecule has 37 heavy (non-hydrogen) atoms. The number of primary amides is 1. The quantitative estimate of drug-likeness (QED) is 0.0480. The van der Waals surface area contributed by atoms with E-state index in [0.29, 0.717) is 6.42 Å². The fraction of sp³-hybridized carbons (Fsp3) is 0.667. The van der Waals surface area contributed by atoms with E-state index in [1.165, 1.54) is 0 Å². The number of nitrogens with zero attached hydrogens (tertiary/aromatic N) is 1. The number of nitrogens with two attached hydrogens (primary N) is 4. The average Bonchev–Trinajstić information content (AvgIpc) is 2.76. The van der Waals surface area contributed by atoms with Crippen LogP contribution in [0.2, 0.25) is 0 Å². The van der Waals surface area contributed by atoms with Gasteiger partial charge < -0.3 is 49.1 Å². The maximum atomic E-state index is 13.0. The van der Waals surface area contributed by atoms with Crippen LogP contribution >= 0.6 is 0 Å². The van der Waals surface area contributed by atoms with Gasteiger partial charge in [0, 0.05) is 13.0 Å². The summed E-state index contributed by atoms with van der Waals surface area (Å²) < 4.78 is 0. The van der Waals surface area contributed by atoms with Gasteiger partial charge in [-0.05, 0) is 31.6 Å². The van der Waals surface area contributed by atoms with Crippen molar-refractivity contribution >= 4 is 41.5 Å². The highest BCUT2D eigenvalue weighted by Crippen LogP contribution is 2.07.